The summed E-state index contributed by atoms with van der Waals surface area (Å²) in [5, 5.41) is 9.09. The van der Waals surface area contributed by atoms with E-state index >= 15 is 0 Å². The average molecular weight is 479 g/mol. The molecule has 10 nitrogen and oxygen atoms in total. The maximum Gasteiger partial charge on any atom is 0.315 e. The van der Waals surface area contributed by atoms with Gasteiger partial charge in [0.1, 0.15) is 11.5 Å². The van der Waals surface area contributed by atoms with Crippen molar-refractivity contribution < 1.29 is 27.3 Å². The predicted molar refractivity (Wildman–Crippen MR) is 114 cm³/mol. The standard InChI is InChI=1S/C20H19ClN4O6S/c21-14-5-4-6-15(11-14)30-12-18(26)22-9-10-23-19(27)20-24-17(25-31-20)13-32(28,29)16-7-2-1-3-8-16/h1-8,11H,9-10,12-13H2,(H,22,26)(H,23,27). The predicted octanol–water partition coefficient (Wildman–Crippen LogP) is 1.62. The van der Waals surface area contributed by atoms with Crippen LogP contribution in [0.5, 0.6) is 5.75 Å². The normalized spacial score (nSPS) is 11.0. The van der Waals surface area contributed by atoms with Gasteiger partial charge in [0, 0.05) is 18.1 Å². The van der Waals surface area contributed by atoms with E-state index in [9.17, 15) is 18.0 Å². The Hall–Kier alpha value is -3.44. The first-order valence-electron chi connectivity index (χ1n) is 9.37. The van der Waals surface area contributed by atoms with Gasteiger partial charge >= 0.3 is 11.8 Å². The van der Waals surface area contributed by atoms with Crippen molar-refractivity contribution in [1.29, 1.82) is 0 Å². The fourth-order valence-electron chi connectivity index (χ4n) is 2.50. The van der Waals surface area contributed by atoms with Crippen molar-refractivity contribution in [3.63, 3.8) is 0 Å². The number of carbonyl (C=O) groups is 2. The molecule has 1 heterocycles. The molecular weight excluding hydrogens is 460 g/mol. The molecule has 2 amide bonds. The first kappa shape index (κ1) is 23.2. The van der Waals surface area contributed by atoms with Crippen LogP contribution in [0, 0.1) is 0 Å². The van der Waals surface area contributed by atoms with E-state index in [0.717, 1.165) is 0 Å². The van der Waals surface area contributed by atoms with Crippen molar-refractivity contribution in [1.82, 2.24) is 20.8 Å². The molecule has 0 saturated carbocycles. The van der Waals surface area contributed by atoms with E-state index in [1.165, 1.54) is 12.1 Å². The minimum Gasteiger partial charge on any atom is -0.484 e. The van der Waals surface area contributed by atoms with Crippen LogP contribution < -0.4 is 15.4 Å². The second-order valence-corrected chi connectivity index (χ2v) is 8.87. The van der Waals surface area contributed by atoms with E-state index in [-0.39, 0.29) is 42.2 Å². The Bertz CT molecular complexity index is 1180. The zero-order chi connectivity index (χ0) is 23.0. The molecule has 2 N–H and O–H groups in total. The molecule has 2 aromatic carbocycles. The first-order chi connectivity index (χ1) is 15.3. The number of amides is 2. The summed E-state index contributed by atoms with van der Waals surface area (Å²) in [5.74, 6) is -1.63. The molecule has 0 saturated heterocycles. The van der Waals surface area contributed by atoms with Gasteiger partial charge in [-0.25, -0.2) is 8.42 Å². The van der Waals surface area contributed by atoms with Gasteiger partial charge in [0.2, 0.25) is 0 Å². The molecule has 3 rings (SSSR count). The smallest absolute Gasteiger partial charge is 0.315 e. The number of halogens is 1. The van der Waals surface area contributed by atoms with E-state index in [1.54, 1.807) is 42.5 Å². The van der Waals surface area contributed by atoms with Gasteiger partial charge in [-0.15, -0.1) is 0 Å². The van der Waals surface area contributed by atoms with Crippen molar-refractivity contribution in [3.05, 3.63) is 71.3 Å². The Morgan fingerprint density at radius 3 is 2.53 bits per heavy atom. The highest BCUT2D eigenvalue weighted by Gasteiger charge is 2.21. The maximum absolute atomic E-state index is 12.3. The summed E-state index contributed by atoms with van der Waals surface area (Å²) in [4.78, 5) is 27.8. The molecule has 3 aromatic rings. The van der Waals surface area contributed by atoms with Crippen LogP contribution in [0.3, 0.4) is 0 Å². The number of hydrogen-bond donors (Lipinski definition) is 2. The SMILES string of the molecule is O=C(COc1cccc(Cl)c1)NCCNC(=O)c1nc(CS(=O)(=O)c2ccccc2)no1. The number of nitrogens with zero attached hydrogens (tertiary/aromatic N) is 2. The fraction of sp³-hybridized carbons (Fsp3) is 0.200. The molecule has 0 aliphatic rings. The minimum absolute atomic E-state index is 0.0851. The topological polar surface area (TPSA) is 140 Å². The Balaban J connectivity index is 1.40. The molecule has 0 bridgehead atoms. The summed E-state index contributed by atoms with van der Waals surface area (Å²) in [5.41, 5.74) is 0. The summed E-state index contributed by atoms with van der Waals surface area (Å²) < 4.78 is 34.8. The highest BCUT2D eigenvalue weighted by molar-refractivity contribution is 7.90. The molecule has 0 aliphatic carbocycles. The largest absolute Gasteiger partial charge is 0.484 e. The highest BCUT2D eigenvalue weighted by Crippen LogP contribution is 2.17. The van der Waals surface area contributed by atoms with Crippen molar-refractivity contribution in [3.8, 4) is 5.75 Å². The second kappa shape index (κ2) is 10.7. The third-order valence-electron chi connectivity index (χ3n) is 3.98. The lowest BCUT2D eigenvalue weighted by Crippen LogP contribution is -2.36. The van der Waals surface area contributed by atoms with Gasteiger partial charge in [-0.2, -0.15) is 4.98 Å². The molecule has 0 spiro atoms. The molecule has 168 valence electrons. The van der Waals surface area contributed by atoms with Gasteiger partial charge in [0.05, 0.1) is 4.90 Å². The molecule has 0 radical (unpaired) electrons. The second-order valence-electron chi connectivity index (χ2n) is 6.44. The van der Waals surface area contributed by atoms with Crippen molar-refractivity contribution in [2.45, 2.75) is 10.6 Å². The zero-order valence-corrected chi connectivity index (χ0v) is 18.2. The number of benzene rings is 2. The number of rotatable bonds is 10. The van der Waals surface area contributed by atoms with E-state index in [1.807, 2.05) is 0 Å². The number of ether oxygens (including phenoxy) is 1. The lowest BCUT2D eigenvalue weighted by Gasteiger charge is -2.08. The maximum atomic E-state index is 12.3. The molecule has 0 atom stereocenters. The summed E-state index contributed by atoms with van der Waals surface area (Å²) in [6.45, 7) is 0.00578. The molecule has 0 unspecified atom stereocenters. The Kier molecular flexibility index (Phi) is 7.79. The molecule has 1 aromatic heterocycles. The molecule has 0 aliphatic heterocycles. The Morgan fingerprint density at radius 1 is 1.03 bits per heavy atom. The van der Waals surface area contributed by atoms with E-state index < -0.39 is 21.5 Å². The monoisotopic (exact) mass is 478 g/mol. The van der Waals surface area contributed by atoms with Crippen LogP contribution in [0.1, 0.15) is 16.5 Å². The molecular formula is C20H19ClN4O6S. The Morgan fingerprint density at radius 2 is 1.78 bits per heavy atom. The summed E-state index contributed by atoms with van der Waals surface area (Å²) in [7, 11) is -3.67. The highest BCUT2D eigenvalue weighted by atomic mass is 35.5. The third-order valence-corrected chi connectivity index (χ3v) is 5.85. The van der Waals surface area contributed by atoms with E-state index in [0.29, 0.717) is 10.8 Å². The quantitative estimate of drug-likeness (QED) is 0.419. The van der Waals surface area contributed by atoms with Crippen molar-refractivity contribution >= 4 is 33.3 Å². The van der Waals surface area contributed by atoms with Gasteiger partial charge in [-0.05, 0) is 30.3 Å². The summed E-state index contributed by atoms with van der Waals surface area (Å²) >= 11 is 5.84. The number of carbonyl (C=O) groups excluding carboxylic acids is 2. The van der Waals surface area contributed by atoms with Crippen LogP contribution in [0.25, 0.3) is 0 Å². The summed E-state index contributed by atoms with van der Waals surface area (Å²) in [6, 6.07) is 14.5. The van der Waals surface area contributed by atoms with Gasteiger partial charge < -0.3 is 19.9 Å². The number of sulfone groups is 1. The third kappa shape index (κ3) is 6.79. The van der Waals surface area contributed by atoms with Crippen LogP contribution in [0.4, 0.5) is 0 Å². The lowest BCUT2D eigenvalue weighted by atomic mass is 10.3. The lowest BCUT2D eigenvalue weighted by molar-refractivity contribution is -0.123. The average Bonchev–Trinajstić information content (AvgIpc) is 3.24. The van der Waals surface area contributed by atoms with Crippen LogP contribution in [0.2, 0.25) is 5.02 Å². The first-order valence-corrected chi connectivity index (χ1v) is 11.4. The fourth-order valence-corrected chi connectivity index (χ4v) is 3.87. The summed E-state index contributed by atoms with van der Waals surface area (Å²) in [6.07, 6.45) is 0. The zero-order valence-electron chi connectivity index (χ0n) is 16.7. The number of hydrogen-bond acceptors (Lipinski definition) is 8. The van der Waals surface area contributed by atoms with Crippen LogP contribution in [-0.4, -0.2) is 50.1 Å². The van der Waals surface area contributed by atoms with Crippen molar-refractivity contribution in [2.75, 3.05) is 19.7 Å². The van der Waals surface area contributed by atoms with Gasteiger partial charge in [-0.1, -0.05) is 41.0 Å². The van der Waals surface area contributed by atoms with E-state index in [2.05, 4.69) is 20.8 Å². The number of aromatic nitrogens is 2. The van der Waals surface area contributed by atoms with E-state index in [4.69, 9.17) is 20.9 Å². The molecule has 32 heavy (non-hydrogen) atoms. The molecule has 0 fully saturated rings. The molecule has 12 heteroatoms. The van der Waals surface area contributed by atoms with Gasteiger partial charge in [-0.3, -0.25) is 9.59 Å². The van der Waals surface area contributed by atoms with Crippen LogP contribution >= 0.6 is 11.6 Å². The van der Waals surface area contributed by atoms with Gasteiger partial charge in [0.25, 0.3) is 5.91 Å². The van der Waals surface area contributed by atoms with Crippen LogP contribution in [-0.2, 0) is 20.4 Å². The van der Waals surface area contributed by atoms with Crippen LogP contribution in [0.15, 0.2) is 64.0 Å². The van der Waals surface area contributed by atoms with Crippen molar-refractivity contribution in [2.24, 2.45) is 0 Å². The Labute approximate surface area is 188 Å². The number of nitrogens with one attached hydrogen (secondary N) is 2. The minimum atomic E-state index is -3.67. The van der Waals surface area contributed by atoms with Gasteiger partial charge in [0.15, 0.2) is 22.3 Å².